The predicted octanol–water partition coefficient (Wildman–Crippen LogP) is 4.07. The summed E-state index contributed by atoms with van der Waals surface area (Å²) in [6.45, 7) is 0.339. The highest BCUT2D eigenvalue weighted by molar-refractivity contribution is 5.31. The highest BCUT2D eigenvalue weighted by Gasteiger charge is 2.33. The molecule has 1 fully saturated rings. The van der Waals surface area contributed by atoms with E-state index in [1.165, 1.54) is 6.42 Å². The zero-order valence-electron chi connectivity index (χ0n) is 10.6. The van der Waals surface area contributed by atoms with Crippen LogP contribution >= 0.6 is 0 Å². The van der Waals surface area contributed by atoms with Gasteiger partial charge in [0.1, 0.15) is 0 Å². The summed E-state index contributed by atoms with van der Waals surface area (Å²) in [6.07, 6.45) is 2.91. The highest BCUT2D eigenvalue weighted by atomic mass is 19.3. The molecule has 1 aliphatic rings. The zero-order valence-corrected chi connectivity index (χ0v) is 10.6. The summed E-state index contributed by atoms with van der Waals surface area (Å²) in [5.41, 5.74) is 7.31. The molecule has 1 aliphatic carbocycles. The van der Waals surface area contributed by atoms with Crippen LogP contribution < -0.4 is 5.73 Å². The molecule has 2 N–H and O–H groups in total. The number of alkyl halides is 2. The number of halogens is 2. The summed E-state index contributed by atoms with van der Waals surface area (Å²) in [4.78, 5) is 0. The van der Waals surface area contributed by atoms with Gasteiger partial charge >= 0.3 is 0 Å². The second-order valence-corrected chi connectivity index (χ2v) is 5.16. The Morgan fingerprint density at radius 3 is 2.39 bits per heavy atom. The molecule has 1 atom stereocenters. The quantitative estimate of drug-likeness (QED) is 0.859. The van der Waals surface area contributed by atoms with E-state index < -0.39 is 12.3 Å². The molecule has 0 spiro atoms. The third-order valence-corrected chi connectivity index (χ3v) is 4.06. The van der Waals surface area contributed by atoms with Gasteiger partial charge in [-0.1, -0.05) is 43.5 Å². The molecule has 2 rings (SSSR count). The van der Waals surface area contributed by atoms with Gasteiger partial charge in [0.2, 0.25) is 6.43 Å². The Morgan fingerprint density at radius 1 is 1.11 bits per heavy atom. The lowest BCUT2D eigenvalue weighted by Gasteiger charge is -2.31. The van der Waals surface area contributed by atoms with Crippen molar-refractivity contribution in [3.05, 3.63) is 35.4 Å². The first-order valence-corrected chi connectivity index (χ1v) is 6.80. The summed E-state index contributed by atoms with van der Waals surface area (Å²) in [7, 11) is 0. The maximum Gasteiger partial charge on any atom is 0.245 e. The normalized spacial score (nSPS) is 19.1. The maximum atomic E-state index is 13.4. The fourth-order valence-electron chi connectivity index (χ4n) is 3.13. The molecular weight excluding hydrogens is 232 g/mol. The highest BCUT2D eigenvalue weighted by Crippen LogP contribution is 2.40. The Kier molecular flexibility index (Phi) is 4.70. The number of benzene rings is 1. The summed E-state index contributed by atoms with van der Waals surface area (Å²) >= 11 is 0. The van der Waals surface area contributed by atoms with Crippen molar-refractivity contribution in [1.82, 2.24) is 0 Å². The standard InChI is InChI=1S/C15H21F2N/c16-15(17)14(11-6-2-1-3-7-11)13-9-5-4-8-12(13)10-18/h4-5,8-9,11,14-15H,1-3,6-7,10,18H2. The van der Waals surface area contributed by atoms with Gasteiger partial charge in [-0.25, -0.2) is 8.78 Å². The van der Waals surface area contributed by atoms with E-state index in [1.54, 1.807) is 0 Å². The van der Waals surface area contributed by atoms with Crippen molar-refractivity contribution in [3.63, 3.8) is 0 Å². The van der Waals surface area contributed by atoms with Crippen LogP contribution in [0.15, 0.2) is 24.3 Å². The van der Waals surface area contributed by atoms with Gasteiger partial charge in [-0.05, 0) is 29.9 Å². The average Bonchev–Trinajstić information content (AvgIpc) is 2.40. The Balaban J connectivity index is 2.28. The monoisotopic (exact) mass is 253 g/mol. The lowest BCUT2D eigenvalue weighted by atomic mass is 9.76. The summed E-state index contributed by atoms with van der Waals surface area (Å²) in [5.74, 6) is -0.517. The van der Waals surface area contributed by atoms with E-state index in [0.717, 1.165) is 36.8 Å². The first kappa shape index (κ1) is 13.5. The number of hydrogen-bond donors (Lipinski definition) is 1. The largest absolute Gasteiger partial charge is 0.326 e. The Bertz CT molecular complexity index is 373. The van der Waals surface area contributed by atoms with Gasteiger partial charge in [0.15, 0.2) is 0 Å². The third kappa shape index (κ3) is 2.89. The molecule has 1 nitrogen and oxygen atoms in total. The molecular formula is C15H21F2N. The van der Waals surface area contributed by atoms with Crippen LogP contribution in [0.5, 0.6) is 0 Å². The summed E-state index contributed by atoms with van der Waals surface area (Å²) in [5, 5.41) is 0. The molecule has 3 heteroatoms. The van der Waals surface area contributed by atoms with Crippen molar-refractivity contribution in [2.75, 3.05) is 0 Å². The van der Waals surface area contributed by atoms with Gasteiger partial charge in [0, 0.05) is 12.5 Å². The summed E-state index contributed by atoms with van der Waals surface area (Å²) in [6, 6.07) is 7.41. The Hall–Kier alpha value is -0.960. The van der Waals surface area contributed by atoms with Gasteiger partial charge in [-0.3, -0.25) is 0 Å². The van der Waals surface area contributed by atoms with Gasteiger partial charge in [0.25, 0.3) is 0 Å². The van der Waals surface area contributed by atoms with Crippen molar-refractivity contribution >= 4 is 0 Å². The van der Waals surface area contributed by atoms with Crippen molar-refractivity contribution in [2.45, 2.75) is 51.0 Å². The van der Waals surface area contributed by atoms with Crippen molar-refractivity contribution in [2.24, 2.45) is 11.7 Å². The topological polar surface area (TPSA) is 26.0 Å². The van der Waals surface area contributed by atoms with E-state index in [1.807, 2.05) is 24.3 Å². The molecule has 0 bridgehead atoms. The first-order valence-electron chi connectivity index (χ1n) is 6.80. The van der Waals surface area contributed by atoms with E-state index in [0.29, 0.717) is 6.54 Å². The lowest BCUT2D eigenvalue weighted by molar-refractivity contribution is 0.0739. The van der Waals surface area contributed by atoms with Crippen LogP contribution in [0.3, 0.4) is 0 Å². The minimum Gasteiger partial charge on any atom is -0.326 e. The molecule has 0 aliphatic heterocycles. The van der Waals surface area contributed by atoms with Gasteiger partial charge in [-0.2, -0.15) is 0 Å². The SMILES string of the molecule is NCc1ccccc1C(C(F)F)C1CCCCC1. The van der Waals surface area contributed by atoms with Gasteiger partial charge in [-0.15, -0.1) is 0 Å². The van der Waals surface area contributed by atoms with Crippen LogP contribution in [-0.2, 0) is 6.54 Å². The fraction of sp³-hybridized carbons (Fsp3) is 0.600. The van der Waals surface area contributed by atoms with Crippen LogP contribution in [0.4, 0.5) is 8.78 Å². The van der Waals surface area contributed by atoms with Gasteiger partial charge < -0.3 is 5.73 Å². The number of rotatable bonds is 4. The molecule has 0 radical (unpaired) electrons. The summed E-state index contributed by atoms with van der Waals surface area (Å²) < 4.78 is 26.9. The number of hydrogen-bond acceptors (Lipinski definition) is 1. The molecule has 0 aromatic heterocycles. The molecule has 0 amide bonds. The maximum absolute atomic E-state index is 13.4. The zero-order chi connectivity index (χ0) is 13.0. The second-order valence-electron chi connectivity index (χ2n) is 5.16. The third-order valence-electron chi connectivity index (χ3n) is 4.06. The fourth-order valence-corrected chi connectivity index (χ4v) is 3.13. The molecule has 100 valence electrons. The Labute approximate surface area is 107 Å². The van der Waals surface area contributed by atoms with E-state index in [-0.39, 0.29) is 5.92 Å². The number of nitrogens with two attached hydrogens (primary N) is 1. The van der Waals surface area contributed by atoms with Crippen LogP contribution in [0.25, 0.3) is 0 Å². The van der Waals surface area contributed by atoms with Crippen molar-refractivity contribution in [1.29, 1.82) is 0 Å². The molecule has 1 aromatic carbocycles. The molecule has 18 heavy (non-hydrogen) atoms. The smallest absolute Gasteiger partial charge is 0.245 e. The van der Waals surface area contributed by atoms with E-state index in [9.17, 15) is 8.78 Å². The molecule has 1 unspecified atom stereocenters. The van der Waals surface area contributed by atoms with Crippen molar-refractivity contribution < 1.29 is 8.78 Å². The van der Waals surface area contributed by atoms with Gasteiger partial charge in [0.05, 0.1) is 0 Å². The minimum absolute atomic E-state index is 0.117. The molecule has 1 aromatic rings. The Morgan fingerprint density at radius 2 is 1.78 bits per heavy atom. The average molecular weight is 253 g/mol. The van der Waals surface area contributed by atoms with Crippen molar-refractivity contribution in [3.8, 4) is 0 Å². The van der Waals surface area contributed by atoms with Crippen LogP contribution in [0.2, 0.25) is 0 Å². The molecule has 0 heterocycles. The second kappa shape index (κ2) is 6.28. The minimum atomic E-state index is -2.29. The molecule has 1 saturated carbocycles. The van der Waals surface area contributed by atoms with Crippen LogP contribution in [0, 0.1) is 5.92 Å². The van der Waals surface area contributed by atoms with E-state index >= 15 is 0 Å². The molecule has 0 saturated heterocycles. The van der Waals surface area contributed by atoms with Crippen LogP contribution in [-0.4, -0.2) is 6.43 Å². The van der Waals surface area contributed by atoms with E-state index in [2.05, 4.69) is 0 Å². The lowest BCUT2D eigenvalue weighted by Crippen LogP contribution is -2.24. The van der Waals surface area contributed by atoms with E-state index in [4.69, 9.17) is 5.73 Å². The predicted molar refractivity (Wildman–Crippen MR) is 69.7 cm³/mol. The van der Waals surface area contributed by atoms with Crippen LogP contribution in [0.1, 0.15) is 49.1 Å². The first-order chi connectivity index (χ1) is 8.74.